The fraction of sp³-hybridized carbons (Fsp3) is 0.167. The quantitative estimate of drug-likeness (QED) is 0.784. The number of phenolic OH excluding ortho intramolecular Hbond substituents is 1. The third kappa shape index (κ3) is 3.14. The number of esters is 1. The number of methoxy groups -OCH3 is 1. The highest BCUT2D eigenvalue weighted by molar-refractivity contribution is 5.72. The highest BCUT2D eigenvalue weighted by atomic mass is 16.5. The first kappa shape index (κ1) is 11.8. The summed E-state index contributed by atoms with van der Waals surface area (Å²) in [5.41, 5.74) is 0.957. The molecule has 0 heterocycles. The van der Waals surface area contributed by atoms with Gasteiger partial charge in [-0.1, -0.05) is 18.2 Å². The number of aromatic hydroxyl groups is 1. The number of carbonyl (C=O) groups excluding carboxylic acids is 1. The van der Waals surface area contributed by atoms with Crippen molar-refractivity contribution < 1.29 is 14.6 Å². The Morgan fingerprint density at radius 1 is 1.62 bits per heavy atom. The van der Waals surface area contributed by atoms with Crippen LogP contribution in [0.15, 0.2) is 24.3 Å². The van der Waals surface area contributed by atoms with E-state index in [-0.39, 0.29) is 23.7 Å². The first-order valence-corrected chi connectivity index (χ1v) is 4.64. The van der Waals surface area contributed by atoms with E-state index < -0.39 is 0 Å². The lowest BCUT2D eigenvalue weighted by atomic mass is 10.1. The van der Waals surface area contributed by atoms with Gasteiger partial charge in [0.1, 0.15) is 11.8 Å². The van der Waals surface area contributed by atoms with Crippen molar-refractivity contribution >= 4 is 12.0 Å². The first-order valence-electron chi connectivity index (χ1n) is 4.64. The third-order valence-electron chi connectivity index (χ3n) is 1.96. The fourth-order valence-electron chi connectivity index (χ4n) is 1.12. The number of phenols is 1. The number of ether oxygens (including phenoxy) is 1. The molecular formula is C12H11NO3. The molecule has 82 valence electrons. The van der Waals surface area contributed by atoms with Crippen molar-refractivity contribution in [3.05, 3.63) is 35.4 Å². The van der Waals surface area contributed by atoms with Crippen molar-refractivity contribution in [1.29, 1.82) is 5.26 Å². The van der Waals surface area contributed by atoms with Crippen molar-refractivity contribution in [2.75, 3.05) is 7.11 Å². The van der Waals surface area contributed by atoms with E-state index in [0.29, 0.717) is 0 Å². The van der Waals surface area contributed by atoms with E-state index >= 15 is 0 Å². The molecule has 0 aliphatic carbocycles. The van der Waals surface area contributed by atoms with Gasteiger partial charge in [0, 0.05) is 0 Å². The second-order valence-corrected chi connectivity index (χ2v) is 3.07. The van der Waals surface area contributed by atoms with Crippen LogP contribution >= 0.6 is 0 Å². The van der Waals surface area contributed by atoms with Gasteiger partial charge in [-0.05, 0) is 17.7 Å². The average Bonchev–Trinajstić information content (AvgIpc) is 2.31. The summed E-state index contributed by atoms with van der Waals surface area (Å²) in [6, 6.07) is 6.51. The Bertz CT molecular complexity index is 458. The molecule has 1 N–H and O–H groups in total. The van der Waals surface area contributed by atoms with Gasteiger partial charge >= 0.3 is 5.97 Å². The minimum Gasteiger partial charge on any atom is -0.507 e. The maximum absolute atomic E-state index is 10.8. The van der Waals surface area contributed by atoms with Crippen LogP contribution in [0.5, 0.6) is 5.75 Å². The SMILES string of the molecule is COC(=O)CC=Cc1ccc(O)c(C#N)c1. The third-order valence-corrected chi connectivity index (χ3v) is 1.96. The molecule has 0 aliphatic heterocycles. The molecule has 0 amide bonds. The van der Waals surface area contributed by atoms with Gasteiger partial charge in [-0.25, -0.2) is 0 Å². The highest BCUT2D eigenvalue weighted by Crippen LogP contribution is 2.18. The molecule has 0 aliphatic rings. The summed E-state index contributed by atoms with van der Waals surface area (Å²) in [7, 11) is 1.32. The Morgan fingerprint density at radius 3 is 3.00 bits per heavy atom. The van der Waals surface area contributed by atoms with Gasteiger partial charge in [-0.3, -0.25) is 4.79 Å². The Morgan fingerprint density at radius 2 is 2.38 bits per heavy atom. The lowest BCUT2D eigenvalue weighted by Gasteiger charge is -1.97. The Kier molecular flexibility index (Phi) is 4.10. The summed E-state index contributed by atoms with van der Waals surface area (Å²) in [4.78, 5) is 10.8. The minimum atomic E-state index is -0.324. The number of nitrogens with zero attached hydrogens (tertiary/aromatic N) is 1. The molecule has 0 aromatic heterocycles. The van der Waals surface area contributed by atoms with Crippen LogP contribution in [0.2, 0.25) is 0 Å². The predicted molar refractivity (Wildman–Crippen MR) is 58.5 cm³/mol. The molecule has 0 spiro atoms. The van der Waals surface area contributed by atoms with Gasteiger partial charge in [0.25, 0.3) is 0 Å². The van der Waals surface area contributed by atoms with E-state index in [0.717, 1.165) is 5.56 Å². The highest BCUT2D eigenvalue weighted by Gasteiger charge is 2.00. The predicted octanol–water partition coefficient (Wildman–Crippen LogP) is 1.84. The molecule has 0 saturated heterocycles. The van der Waals surface area contributed by atoms with Crippen LogP contribution in [0.3, 0.4) is 0 Å². The number of rotatable bonds is 3. The zero-order valence-electron chi connectivity index (χ0n) is 8.80. The van der Waals surface area contributed by atoms with Crippen molar-refractivity contribution in [1.82, 2.24) is 0 Å². The monoisotopic (exact) mass is 217 g/mol. The summed E-state index contributed by atoms with van der Waals surface area (Å²) >= 11 is 0. The lowest BCUT2D eigenvalue weighted by molar-refractivity contribution is -0.139. The second kappa shape index (κ2) is 5.56. The van der Waals surface area contributed by atoms with Gasteiger partial charge in [0.15, 0.2) is 0 Å². The summed E-state index contributed by atoms with van der Waals surface area (Å²) in [5.74, 6) is -0.372. The molecule has 1 aromatic carbocycles. The van der Waals surface area contributed by atoms with E-state index in [4.69, 9.17) is 5.26 Å². The number of hydrogen-bond acceptors (Lipinski definition) is 4. The molecule has 16 heavy (non-hydrogen) atoms. The van der Waals surface area contributed by atoms with Crippen molar-refractivity contribution in [2.24, 2.45) is 0 Å². The smallest absolute Gasteiger partial charge is 0.309 e. The normalized spacial score (nSPS) is 10.0. The molecule has 0 radical (unpaired) electrons. The van der Waals surface area contributed by atoms with Crippen molar-refractivity contribution in [2.45, 2.75) is 6.42 Å². The molecule has 1 rings (SSSR count). The van der Waals surface area contributed by atoms with Gasteiger partial charge in [-0.15, -0.1) is 0 Å². The maximum Gasteiger partial charge on any atom is 0.309 e. The van der Waals surface area contributed by atoms with E-state index in [1.807, 2.05) is 6.07 Å². The van der Waals surface area contributed by atoms with E-state index in [1.54, 1.807) is 24.3 Å². The van der Waals surface area contributed by atoms with E-state index in [9.17, 15) is 9.90 Å². The zero-order valence-corrected chi connectivity index (χ0v) is 8.80. The number of hydrogen-bond donors (Lipinski definition) is 1. The molecular weight excluding hydrogens is 206 g/mol. The number of nitriles is 1. The molecule has 0 saturated carbocycles. The second-order valence-electron chi connectivity index (χ2n) is 3.07. The fourth-order valence-corrected chi connectivity index (χ4v) is 1.12. The van der Waals surface area contributed by atoms with Crippen LogP contribution in [0, 0.1) is 11.3 Å². The molecule has 0 fully saturated rings. The summed E-state index contributed by atoms with van der Waals surface area (Å²) < 4.78 is 4.47. The summed E-state index contributed by atoms with van der Waals surface area (Å²) in [5, 5.41) is 18.0. The Labute approximate surface area is 93.4 Å². The maximum atomic E-state index is 10.8. The molecule has 4 heteroatoms. The standard InChI is InChI=1S/C12H11NO3/c1-16-12(15)4-2-3-9-5-6-11(14)10(7-9)8-13/h2-3,5-7,14H,4H2,1H3. The van der Waals surface area contributed by atoms with Crippen LogP contribution in [-0.4, -0.2) is 18.2 Å². The van der Waals surface area contributed by atoms with Gasteiger partial charge in [0.05, 0.1) is 19.1 Å². The summed E-state index contributed by atoms with van der Waals surface area (Å²) in [6.07, 6.45) is 3.51. The molecule has 4 nitrogen and oxygen atoms in total. The first-order chi connectivity index (χ1) is 7.67. The van der Waals surface area contributed by atoms with Crippen molar-refractivity contribution in [3.63, 3.8) is 0 Å². The van der Waals surface area contributed by atoms with Gasteiger partial charge in [-0.2, -0.15) is 5.26 Å². The Hall–Kier alpha value is -2.28. The van der Waals surface area contributed by atoms with Gasteiger partial charge < -0.3 is 9.84 Å². The summed E-state index contributed by atoms with van der Waals surface area (Å²) in [6.45, 7) is 0. The zero-order chi connectivity index (χ0) is 12.0. The van der Waals surface area contributed by atoms with E-state index in [2.05, 4.69) is 4.74 Å². The molecule has 0 atom stereocenters. The van der Waals surface area contributed by atoms with Crippen LogP contribution in [0.1, 0.15) is 17.5 Å². The van der Waals surface area contributed by atoms with Crippen LogP contribution in [0.25, 0.3) is 6.08 Å². The Balaban J connectivity index is 2.75. The molecule has 1 aromatic rings. The molecule has 0 unspecified atom stereocenters. The minimum absolute atomic E-state index is 0.0485. The number of carbonyl (C=O) groups is 1. The van der Waals surface area contributed by atoms with Crippen LogP contribution < -0.4 is 0 Å². The van der Waals surface area contributed by atoms with Crippen LogP contribution in [0.4, 0.5) is 0 Å². The van der Waals surface area contributed by atoms with Crippen molar-refractivity contribution in [3.8, 4) is 11.8 Å². The molecule has 0 bridgehead atoms. The number of benzene rings is 1. The lowest BCUT2D eigenvalue weighted by Crippen LogP contribution is -1.96. The van der Waals surface area contributed by atoms with Crippen LogP contribution in [-0.2, 0) is 9.53 Å². The average molecular weight is 217 g/mol. The topological polar surface area (TPSA) is 70.3 Å². The van der Waals surface area contributed by atoms with E-state index in [1.165, 1.54) is 13.2 Å². The van der Waals surface area contributed by atoms with Gasteiger partial charge in [0.2, 0.25) is 0 Å². The largest absolute Gasteiger partial charge is 0.507 e.